The fourth-order valence-corrected chi connectivity index (χ4v) is 3.78. The molecular weight excluding hydrogens is 354 g/mol. The van der Waals surface area contributed by atoms with Crippen LogP contribution in [0.5, 0.6) is 0 Å². The normalized spacial score (nSPS) is 20.0. The number of carbonyl (C=O) groups excluding carboxylic acids is 3. The molecule has 8 heteroatoms. The molecule has 0 saturated carbocycles. The molecule has 0 aliphatic carbocycles. The van der Waals surface area contributed by atoms with Crippen molar-refractivity contribution < 1.29 is 19.1 Å². The number of hydrogen-bond donors (Lipinski definition) is 1. The Morgan fingerprint density at radius 1 is 1.27 bits per heavy atom. The van der Waals surface area contributed by atoms with Gasteiger partial charge in [-0.25, -0.2) is 4.99 Å². The Balaban J connectivity index is 1.48. The zero-order valence-corrected chi connectivity index (χ0v) is 15.4. The largest absolute Gasteiger partial charge is 0.378 e. The number of nitrogens with zero attached hydrogens (tertiary/aromatic N) is 2. The second-order valence-electron chi connectivity index (χ2n) is 6.24. The monoisotopic (exact) mass is 375 g/mol. The maximum Gasteiger partial charge on any atom is 0.260 e. The van der Waals surface area contributed by atoms with Crippen LogP contribution in [0.25, 0.3) is 0 Å². The van der Waals surface area contributed by atoms with Crippen LogP contribution >= 0.6 is 11.8 Å². The molecule has 2 aliphatic rings. The molecule has 2 heterocycles. The van der Waals surface area contributed by atoms with Crippen LogP contribution in [0.2, 0.25) is 0 Å². The Kier molecular flexibility index (Phi) is 6.05. The highest BCUT2D eigenvalue weighted by molar-refractivity contribution is 8.15. The predicted molar refractivity (Wildman–Crippen MR) is 100 cm³/mol. The minimum absolute atomic E-state index is 0.0378. The molecule has 0 bridgehead atoms. The molecule has 3 rings (SSSR count). The van der Waals surface area contributed by atoms with Gasteiger partial charge in [0.05, 0.1) is 24.7 Å². The van der Waals surface area contributed by atoms with Crippen molar-refractivity contribution in [2.24, 2.45) is 4.99 Å². The van der Waals surface area contributed by atoms with Gasteiger partial charge in [0.25, 0.3) is 5.91 Å². The van der Waals surface area contributed by atoms with E-state index in [1.54, 1.807) is 4.90 Å². The fourth-order valence-electron chi connectivity index (χ4n) is 2.72. The molecule has 0 aromatic heterocycles. The second-order valence-corrected chi connectivity index (χ2v) is 7.51. The highest BCUT2D eigenvalue weighted by Gasteiger charge is 2.32. The van der Waals surface area contributed by atoms with Crippen molar-refractivity contribution in [3.05, 3.63) is 29.8 Å². The molecule has 1 atom stereocenters. The van der Waals surface area contributed by atoms with E-state index in [0.717, 1.165) is 5.56 Å². The van der Waals surface area contributed by atoms with E-state index in [1.165, 1.54) is 11.8 Å². The number of benzene rings is 1. The maximum absolute atomic E-state index is 12.2. The SMILES string of the molecule is Cc1ccc(NC(=O)C[C@H]2SC(CC(=O)N3CCOCC3)=NC2=O)cc1. The summed E-state index contributed by atoms with van der Waals surface area (Å²) in [4.78, 5) is 42.1. The van der Waals surface area contributed by atoms with E-state index in [0.29, 0.717) is 37.0 Å². The van der Waals surface area contributed by atoms with Crippen molar-refractivity contribution >= 4 is 40.2 Å². The summed E-state index contributed by atoms with van der Waals surface area (Å²) in [5, 5.41) is 2.70. The minimum Gasteiger partial charge on any atom is -0.378 e. The summed E-state index contributed by atoms with van der Waals surface area (Å²) >= 11 is 1.21. The van der Waals surface area contributed by atoms with Gasteiger partial charge in [-0.1, -0.05) is 29.5 Å². The van der Waals surface area contributed by atoms with E-state index in [-0.39, 0.29) is 30.6 Å². The van der Waals surface area contributed by atoms with Crippen LogP contribution < -0.4 is 5.32 Å². The summed E-state index contributed by atoms with van der Waals surface area (Å²) < 4.78 is 5.23. The first-order chi connectivity index (χ1) is 12.5. The lowest BCUT2D eigenvalue weighted by molar-refractivity contribution is -0.133. The highest BCUT2D eigenvalue weighted by atomic mass is 32.2. The molecule has 138 valence electrons. The van der Waals surface area contributed by atoms with Gasteiger partial charge in [-0.15, -0.1) is 0 Å². The molecule has 1 aromatic carbocycles. The summed E-state index contributed by atoms with van der Waals surface area (Å²) in [7, 11) is 0. The van der Waals surface area contributed by atoms with Gasteiger partial charge in [0.2, 0.25) is 11.8 Å². The number of amides is 3. The number of anilines is 1. The van der Waals surface area contributed by atoms with Crippen LogP contribution in [-0.2, 0) is 19.1 Å². The molecule has 0 radical (unpaired) electrons. The molecule has 1 saturated heterocycles. The number of aryl methyl sites for hydroxylation is 1. The summed E-state index contributed by atoms with van der Waals surface area (Å²) in [6.07, 6.45) is 0.141. The minimum atomic E-state index is -0.562. The van der Waals surface area contributed by atoms with Crippen LogP contribution in [0.3, 0.4) is 0 Å². The molecule has 2 aliphatic heterocycles. The molecule has 0 unspecified atom stereocenters. The predicted octanol–water partition coefficient (Wildman–Crippen LogP) is 1.61. The third-order valence-electron chi connectivity index (χ3n) is 4.16. The van der Waals surface area contributed by atoms with E-state index < -0.39 is 5.25 Å². The summed E-state index contributed by atoms with van der Waals surface area (Å²) in [5.74, 6) is -0.647. The maximum atomic E-state index is 12.2. The molecule has 0 spiro atoms. The Morgan fingerprint density at radius 2 is 1.96 bits per heavy atom. The zero-order valence-electron chi connectivity index (χ0n) is 14.6. The smallest absolute Gasteiger partial charge is 0.260 e. The van der Waals surface area contributed by atoms with Gasteiger partial charge in [0.1, 0.15) is 5.25 Å². The number of ether oxygens (including phenoxy) is 1. The van der Waals surface area contributed by atoms with E-state index in [1.807, 2.05) is 31.2 Å². The highest BCUT2D eigenvalue weighted by Crippen LogP contribution is 2.27. The van der Waals surface area contributed by atoms with Gasteiger partial charge in [0.15, 0.2) is 0 Å². The topological polar surface area (TPSA) is 88.1 Å². The van der Waals surface area contributed by atoms with Crippen LogP contribution in [0, 0.1) is 6.92 Å². The quantitative estimate of drug-likeness (QED) is 0.845. The van der Waals surface area contributed by atoms with Crippen molar-refractivity contribution in [3.8, 4) is 0 Å². The molecule has 7 nitrogen and oxygen atoms in total. The summed E-state index contributed by atoms with van der Waals surface area (Å²) in [6, 6.07) is 7.45. The Hall–Kier alpha value is -2.19. The van der Waals surface area contributed by atoms with Crippen molar-refractivity contribution in [2.75, 3.05) is 31.6 Å². The average Bonchev–Trinajstić information content (AvgIpc) is 2.96. The number of hydrogen-bond acceptors (Lipinski definition) is 5. The Bertz CT molecular complexity index is 726. The molecule has 26 heavy (non-hydrogen) atoms. The third kappa shape index (κ3) is 4.92. The van der Waals surface area contributed by atoms with E-state index in [2.05, 4.69) is 10.3 Å². The second kappa shape index (κ2) is 8.46. The van der Waals surface area contributed by atoms with Crippen LogP contribution in [0.15, 0.2) is 29.3 Å². The average molecular weight is 375 g/mol. The van der Waals surface area contributed by atoms with Gasteiger partial charge in [-0.05, 0) is 19.1 Å². The molecule has 1 N–H and O–H groups in total. The van der Waals surface area contributed by atoms with E-state index in [9.17, 15) is 14.4 Å². The van der Waals surface area contributed by atoms with Gasteiger partial charge >= 0.3 is 0 Å². The van der Waals surface area contributed by atoms with Crippen molar-refractivity contribution in [1.82, 2.24) is 4.90 Å². The number of nitrogens with one attached hydrogen (secondary N) is 1. The van der Waals surface area contributed by atoms with Gasteiger partial charge in [0, 0.05) is 25.2 Å². The molecular formula is C18H21N3O4S. The van der Waals surface area contributed by atoms with Gasteiger partial charge in [-0.3, -0.25) is 14.4 Å². The number of thioether (sulfide) groups is 1. The zero-order chi connectivity index (χ0) is 18.5. The van der Waals surface area contributed by atoms with Crippen molar-refractivity contribution in [1.29, 1.82) is 0 Å². The van der Waals surface area contributed by atoms with Crippen molar-refractivity contribution in [2.45, 2.75) is 25.0 Å². The van der Waals surface area contributed by atoms with Gasteiger partial charge in [-0.2, -0.15) is 0 Å². The Labute approximate surface area is 156 Å². The summed E-state index contributed by atoms with van der Waals surface area (Å²) in [5.41, 5.74) is 1.80. The first-order valence-electron chi connectivity index (χ1n) is 8.51. The first-order valence-corrected chi connectivity index (χ1v) is 9.39. The van der Waals surface area contributed by atoms with Gasteiger partial charge < -0.3 is 15.0 Å². The van der Waals surface area contributed by atoms with Crippen LogP contribution in [0.4, 0.5) is 5.69 Å². The molecule has 1 aromatic rings. The lowest BCUT2D eigenvalue weighted by atomic mass is 10.2. The van der Waals surface area contributed by atoms with E-state index >= 15 is 0 Å². The number of aliphatic imine (C=N–C) groups is 1. The van der Waals surface area contributed by atoms with Crippen LogP contribution in [-0.4, -0.2) is 59.2 Å². The number of carbonyl (C=O) groups is 3. The molecule has 1 fully saturated rings. The standard InChI is InChI=1S/C18H21N3O4S/c1-12-2-4-13(5-3-12)19-15(22)10-14-18(24)20-16(26-14)11-17(23)21-6-8-25-9-7-21/h2-5,14H,6-11H2,1H3,(H,19,22)/t14-/m1/s1. The Morgan fingerprint density at radius 3 is 2.65 bits per heavy atom. The number of morpholine rings is 1. The van der Waals surface area contributed by atoms with E-state index in [4.69, 9.17) is 4.74 Å². The fraction of sp³-hybridized carbons (Fsp3) is 0.444. The van der Waals surface area contributed by atoms with Crippen LogP contribution in [0.1, 0.15) is 18.4 Å². The lowest BCUT2D eigenvalue weighted by Gasteiger charge is -2.26. The molecule has 3 amide bonds. The number of rotatable bonds is 5. The van der Waals surface area contributed by atoms with Crippen molar-refractivity contribution in [3.63, 3.8) is 0 Å². The lowest BCUT2D eigenvalue weighted by Crippen LogP contribution is -2.41. The summed E-state index contributed by atoms with van der Waals surface area (Å²) in [6.45, 7) is 4.16. The first kappa shape index (κ1) is 18.6. The third-order valence-corrected chi connectivity index (χ3v) is 5.32.